The van der Waals surface area contributed by atoms with Gasteiger partial charge in [0.15, 0.2) is 0 Å². The van der Waals surface area contributed by atoms with E-state index < -0.39 is 0 Å². The maximum Gasteiger partial charge on any atom is 0.0795 e. The van der Waals surface area contributed by atoms with Crippen molar-refractivity contribution in [2.75, 3.05) is 0 Å². The highest BCUT2D eigenvalue weighted by Crippen LogP contribution is 2.18. The number of nitrogens with one attached hydrogen (secondary N) is 1. The molecule has 0 aliphatic rings. The monoisotopic (exact) mass is 280 g/mol. The van der Waals surface area contributed by atoms with Crippen molar-refractivity contribution in [1.82, 2.24) is 10.3 Å². The van der Waals surface area contributed by atoms with Gasteiger partial charge in [-0.1, -0.05) is 29.8 Å². The van der Waals surface area contributed by atoms with E-state index >= 15 is 0 Å². The summed E-state index contributed by atoms with van der Waals surface area (Å²) in [6, 6.07) is 8.64. The second-order valence-corrected chi connectivity index (χ2v) is 5.62. The molecule has 0 aliphatic carbocycles. The minimum absolute atomic E-state index is 0.272. The van der Waals surface area contributed by atoms with E-state index in [4.69, 9.17) is 11.6 Å². The SMILES string of the molecule is CC(Cc1ccccc1Cl)NC(C)c1cscn1. The van der Waals surface area contributed by atoms with E-state index in [2.05, 4.69) is 35.6 Å². The second kappa shape index (κ2) is 6.32. The van der Waals surface area contributed by atoms with Gasteiger partial charge in [-0.05, 0) is 31.9 Å². The minimum atomic E-state index is 0.272. The maximum atomic E-state index is 6.17. The van der Waals surface area contributed by atoms with Crippen LogP contribution in [0.25, 0.3) is 0 Å². The molecular formula is C14H17ClN2S. The number of nitrogens with zero attached hydrogens (tertiary/aromatic N) is 1. The number of thiazole rings is 1. The van der Waals surface area contributed by atoms with Gasteiger partial charge in [0.1, 0.15) is 0 Å². The Morgan fingerprint density at radius 1 is 1.33 bits per heavy atom. The molecule has 1 heterocycles. The molecule has 0 fully saturated rings. The van der Waals surface area contributed by atoms with Crippen LogP contribution < -0.4 is 5.32 Å². The van der Waals surface area contributed by atoms with E-state index in [0.29, 0.717) is 6.04 Å². The van der Waals surface area contributed by atoms with Gasteiger partial charge in [0, 0.05) is 22.5 Å². The normalized spacial score (nSPS) is 14.4. The summed E-state index contributed by atoms with van der Waals surface area (Å²) >= 11 is 7.80. The number of rotatable bonds is 5. The van der Waals surface area contributed by atoms with E-state index in [1.165, 1.54) is 5.56 Å². The molecule has 2 atom stereocenters. The van der Waals surface area contributed by atoms with Crippen LogP contribution in [0.4, 0.5) is 0 Å². The third kappa shape index (κ3) is 3.55. The number of hydrogen-bond donors (Lipinski definition) is 1. The third-order valence-electron chi connectivity index (χ3n) is 2.91. The Hall–Kier alpha value is -0.900. The van der Waals surface area contributed by atoms with Crippen LogP contribution in [-0.2, 0) is 6.42 Å². The second-order valence-electron chi connectivity index (χ2n) is 4.50. The molecule has 0 radical (unpaired) electrons. The molecule has 2 nitrogen and oxygen atoms in total. The topological polar surface area (TPSA) is 24.9 Å². The van der Waals surface area contributed by atoms with Crippen molar-refractivity contribution in [1.29, 1.82) is 0 Å². The highest BCUT2D eigenvalue weighted by Gasteiger charge is 2.12. The maximum absolute atomic E-state index is 6.17. The third-order valence-corrected chi connectivity index (χ3v) is 3.89. The van der Waals surface area contributed by atoms with Gasteiger partial charge in [-0.25, -0.2) is 4.98 Å². The predicted molar refractivity (Wildman–Crippen MR) is 78.3 cm³/mol. The van der Waals surface area contributed by atoms with Gasteiger partial charge in [0.25, 0.3) is 0 Å². The van der Waals surface area contributed by atoms with Crippen LogP contribution in [-0.4, -0.2) is 11.0 Å². The standard InChI is InChI=1S/C14H17ClN2S/c1-10(7-12-5-3-4-6-13(12)15)17-11(2)14-8-18-9-16-14/h3-6,8-11,17H,7H2,1-2H3. The first-order chi connectivity index (χ1) is 8.66. The smallest absolute Gasteiger partial charge is 0.0795 e. The minimum Gasteiger partial charge on any atom is -0.306 e. The molecule has 96 valence electrons. The molecule has 1 aromatic heterocycles. The van der Waals surface area contributed by atoms with Crippen LogP contribution in [0.1, 0.15) is 31.1 Å². The Morgan fingerprint density at radius 3 is 2.78 bits per heavy atom. The van der Waals surface area contributed by atoms with Crippen LogP contribution in [0.3, 0.4) is 0 Å². The first-order valence-corrected chi connectivity index (χ1v) is 7.36. The van der Waals surface area contributed by atoms with Crippen molar-refractivity contribution in [2.24, 2.45) is 0 Å². The average Bonchev–Trinajstić information content (AvgIpc) is 2.85. The van der Waals surface area contributed by atoms with Gasteiger partial charge in [-0.15, -0.1) is 11.3 Å². The molecular weight excluding hydrogens is 264 g/mol. The lowest BCUT2D eigenvalue weighted by atomic mass is 10.1. The molecule has 2 unspecified atom stereocenters. The van der Waals surface area contributed by atoms with Crippen LogP contribution >= 0.6 is 22.9 Å². The first kappa shape index (κ1) is 13.5. The zero-order valence-electron chi connectivity index (χ0n) is 10.6. The van der Waals surface area contributed by atoms with Crippen LogP contribution in [0, 0.1) is 0 Å². The van der Waals surface area contributed by atoms with E-state index in [1.54, 1.807) is 11.3 Å². The molecule has 0 amide bonds. The fraction of sp³-hybridized carbons (Fsp3) is 0.357. The van der Waals surface area contributed by atoms with Crippen LogP contribution in [0.15, 0.2) is 35.2 Å². The van der Waals surface area contributed by atoms with Crippen LogP contribution in [0.2, 0.25) is 5.02 Å². The summed E-state index contributed by atoms with van der Waals surface area (Å²) in [5.41, 5.74) is 4.15. The number of aromatic nitrogens is 1. The van der Waals surface area contributed by atoms with Crippen molar-refractivity contribution in [2.45, 2.75) is 32.4 Å². The molecule has 18 heavy (non-hydrogen) atoms. The van der Waals surface area contributed by atoms with Gasteiger partial charge in [0.05, 0.1) is 11.2 Å². The zero-order valence-corrected chi connectivity index (χ0v) is 12.1. The highest BCUT2D eigenvalue weighted by atomic mass is 35.5. The first-order valence-electron chi connectivity index (χ1n) is 6.04. The molecule has 0 spiro atoms. The van der Waals surface area contributed by atoms with Crippen LogP contribution in [0.5, 0.6) is 0 Å². The Kier molecular flexibility index (Phi) is 4.75. The summed E-state index contributed by atoms with van der Waals surface area (Å²) < 4.78 is 0. The fourth-order valence-electron chi connectivity index (χ4n) is 2.00. The molecule has 2 aromatic rings. The van der Waals surface area contributed by atoms with E-state index in [1.807, 2.05) is 23.7 Å². The van der Waals surface area contributed by atoms with Crippen molar-refractivity contribution >= 4 is 22.9 Å². The van der Waals surface area contributed by atoms with Gasteiger partial charge in [-0.2, -0.15) is 0 Å². The Balaban J connectivity index is 1.93. The molecule has 1 aromatic carbocycles. The number of benzene rings is 1. The Labute approximate surface area is 117 Å². The van der Waals surface area contributed by atoms with Crippen molar-refractivity contribution < 1.29 is 0 Å². The predicted octanol–water partition coefficient (Wildman–Crippen LogP) is 4.08. The van der Waals surface area contributed by atoms with Crippen molar-refractivity contribution in [3.63, 3.8) is 0 Å². The number of halogens is 1. The van der Waals surface area contributed by atoms with E-state index in [0.717, 1.165) is 17.1 Å². The summed E-state index contributed by atoms with van der Waals surface area (Å²) in [5, 5.41) is 6.47. The lowest BCUT2D eigenvalue weighted by molar-refractivity contribution is 0.471. The summed E-state index contributed by atoms with van der Waals surface area (Å²) in [6.07, 6.45) is 0.925. The number of hydrogen-bond acceptors (Lipinski definition) is 3. The lowest BCUT2D eigenvalue weighted by Crippen LogP contribution is -2.30. The largest absolute Gasteiger partial charge is 0.306 e. The van der Waals surface area contributed by atoms with E-state index in [9.17, 15) is 0 Å². The summed E-state index contributed by atoms with van der Waals surface area (Å²) in [6.45, 7) is 4.31. The molecule has 0 saturated carbocycles. The molecule has 0 bridgehead atoms. The Bertz CT molecular complexity index is 484. The summed E-state index contributed by atoms with van der Waals surface area (Å²) in [4.78, 5) is 4.32. The average molecular weight is 281 g/mol. The van der Waals surface area contributed by atoms with Gasteiger partial charge in [-0.3, -0.25) is 0 Å². The van der Waals surface area contributed by atoms with Crippen molar-refractivity contribution in [3.8, 4) is 0 Å². The lowest BCUT2D eigenvalue weighted by Gasteiger charge is -2.19. The molecule has 1 N–H and O–H groups in total. The highest BCUT2D eigenvalue weighted by molar-refractivity contribution is 7.07. The van der Waals surface area contributed by atoms with Gasteiger partial charge < -0.3 is 5.32 Å². The Morgan fingerprint density at radius 2 is 2.11 bits per heavy atom. The van der Waals surface area contributed by atoms with Crippen molar-refractivity contribution in [3.05, 3.63) is 51.4 Å². The summed E-state index contributed by atoms with van der Waals surface area (Å²) in [7, 11) is 0. The molecule has 0 saturated heterocycles. The quantitative estimate of drug-likeness (QED) is 0.893. The van der Waals surface area contributed by atoms with Gasteiger partial charge >= 0.3 is 0 Å². The van der Waals surface area contributed by atoms with Gasteiger partial charge in [0.2, 0.25) is 0 Å². The molecule has 4 heteroatoms. The zero-order chi connectivity index (χ0) is 13.0. The molecule has 0 aliphatic heterocycles. The van der Waals surface area contributed by atoms with E-state index in [-0.39, 0.29) is 6.04 Å². The summed E-state index contributed by atoms with van der Waals surface area (Å²) in [5.74, 6) is 0. The fourth-order valence-corrected chi connectivity index (χ4v) is 2.86. The molecule has 2 rings (SSSR count).